The summed E-state index contributed by atoms with van der Waals surface area (Å²) in [7, 11) is 0. The quantitative estimate of drug-likeness (QED) is 0.456. The minimum atomic E-state index is -1.17. The van der Waals surface area contributed by atoms with Crippen molar-refractivity contribution in [1.82, 2.24) is 0 Å². The van der Waals surface area contributed by atoms with Gasteiger partial charge in [-0.25, -0.2) is 9.18 Å². The molecule has 0 saturated heterocycles. The number of carboxylic acid groups (broad SMARTS) is 1. The summed E-state index contributed by atoms with van der Waals surface area (Å²) in [6.07, 6.45) is 0. The summed E-state index contributed by atoms with van der Waals surface area (Å²) in [5.74, 6) is -3.21. The molecular formula is C23H13Cl2FN2O5. The number of amides is 1. The number of ether oxygens (including phenoxy) is 1. The Labute approximate surface area is 196 Å². The third kappa shape index (κ3) is 5.86. The number of carboxylic acids is 1. The number of benzene rings is 3. The summed E-state index contributed by atoms with van der Waals surface area (Å²) in [5, 5.41) is 20.7. The number of carbonyl (C=O) groups is 3. The number of halogens is 3. The predicted molar refractivity (Wildman–Crippen MR) is 119 cm³/mol. The van der Waals surface area contributed by atoms with Gasteiger partial charge in [0.25, 0.3) is 5.91 Å². The monoisotopic (exact) mass is 486 g/mol. The van der Waals surface area contributed by atoms with Gasteiger partial charge in [0.15, 0.2) is 12.4 Å². The number of carbonyl (C=O) groups excluding carboxylic acids is 2. The highest BCUT2D eigenvalue weighted by Crippen LogP contribution is 2.27. The van der Waals surface area contributed by atoms with Crippen LogP contribution in [0.1, 0.15) is 31.8 Å². The molecule has 0 unspecified atom stereocenters. The Morgan fingerprint density at radius 2 is 1.79 bits per heavy atom. The first-order valence-corrected chi connectivity index (χ1v) is 9.94. The van der Waals surface area contributed by atoms with Gasteiger partial charge in [-0.05, 0) is 54.6 Å². The summed E-state index contributed by atoms with van der Waals surface area (Å²) in [6.45, 7) is -0.522. The van der Waals surface area contributed by atoms with Crippen LogP contribution in [0.5, 0.6) is 5.75 Å². The molecule has 1 amide bonds. The van der Waals surface area contributed by atoms with E-state index in [-0.39, 0.29) is 43.7 Å². The lowest BCUT2D eigenvalue weighted by molar-refractivity contribution is -0.118. The molecule has 7 nitrogen and oxygen atoms in total. The van der Waals surface area contributed by atoms with Crippen molar-refractivity contribution in [3.05, 3.63) is 92.7 Å². The highest BCUT2D eigenvalue weighted by molar-refractivity contribution is 6.34. The fourth-order valence-electron chi connectivity index (χ4n) is 2.83. The first-order valence-electron chi connectivity index (χ1n) is 9.18. The van der Waals surface area contributed by atoms with Crippen LogP contribution >= 0.6 is 23.2 Å². The van der Waals surface area contributed by atoms with E-state index < -0.39 is 30.1 Å². The Morgan fingerprint density at radius 1 is 1.03 bits per heavy atom. The van der Waals surface area contributed by atoms with Gasteiger partial charge >= 0.3 is 5.97 Å². The summed E-state index contributed by atoms with van der Waals surface area (Å²) in [4.78, 5) is 36.2. The molecule has 166 valence electrons. The van der Waals surface area contributed by atoms with Crippen molar-refractivity contribution in [2.45, 2.75) is 0 Å². The van der Waals surface area contributed by atoms with Gasteiger partial charge in [0.2, 0.25) is 0 Å². The van der Waals surface area contributed by atoms with Crippen molar-refractivity contribution < 1.29 is 28.6 Å². The Bertz CT molecular complexity index is 1320. The van der Waals surface area contributed by atoms with Crippen LogP contribution in [0.2, 0.25) is 10.0 Å². The molecular weight excluding hydrogens is 474 g/mol. The molecule has 3 aromatic carbocycles. The van der Waals surface area contributed by atoms with Crippen LogP contribution in [0.3, 0.4) is 0 Å². The number of hydrogen-bond donors (Lipinski definition) is 2. The van der Waals surface area contributed by atoms with Crippen LogP contribution in [0.4, 0.5) is 10.1 Å². The normalized spacial score (nSPS) is 10.2. The molecule has 0 fully saturated rings. The minimum absolute atomic E-state index is 0.00893. The first kappa shape index (κ1) is 23.7. The molecule has 0 bridgehead atoms. The van der Waals surface area contributed by atoms with Gasteiger partial charge in [-0.15, -0.1) is 0 Å². The van der Waals surface area contributed by atoms with Crippen molar-refractivity contribution in [3.8, 4) is 11.8 Å². The van der Waals surface area contributed by atoms with Crippen molar-refractivity contribution in [1.29, 1.82) is 5.26 Å². The van der Waals surface area contributed by atoms with Gasteiger partial charge in [-0.1, -0.05) is 23.2 Å². The van der Waals surface area contributed by atoms with Gasteiger partial charge < -0.3 is 15.2 Å². The van der Waals surface area contributed by atoms with Gasteiger partial charge in [-0.2, -0.15) is 5.26 Å². The number of rotatable bonds is 7. The molecule has 33 heavy (non-hydrogen) atoms. The van der Waals surface area contributed by atoms with E-state index in [2.05, 4.69) is 5.32 Å². The molecule has 2 N–H and O–H groups in total. The molecule has 0 spiro atoms. The van der Waals surface area contributed by atoms with Crippen molar-refractivity contribution in [3.63, 3.8) is 0 Å². The number of nitriles is 1. The van der Waals surface area contributed by atoms with E-state index in [9.17, 15) is 18.8 Å². The van der Waals surface area contributed by atoms with E-state index in [0.29, 0.717) is 0 Å². The molecule has 0 aliphatic rings. The number of hydrogen-bond acceptors (Lipinski definition) is 5. The fraction of sp³-hybridized carbons (Fsp3) is 0.0435. The second-order valence-corrected chi connectivity index (χ2v) is 7.49. The maximum Gasteiger partial charge on any atom is 0.335 e. The van der Waals surface area contributed by atoms with E-state index in [4.69, 9.17) is 38.3 Å². The molecule has 3 aromatic rings. The number of aromatic carboxylic acids is 1. The molecule has 10 heteroatoms. The Hall–Kier alpha value is -3.93. The van der Waals surface area contributed by atoms with Crippen LogP contribution in [0, 0.1) is 17.1 Å². The average molecular weight is 487 g/mol. The SMILES string of the molecule is N#Cc1cc(F)cc(C(=O)c2cc(Cl)ccc2OCC(=O)Nc2ccc(C(=O)O)cc2Cl)c1. The number of nitrogens with one attached hydrogen (secondary N) is 1. The minimum Gasteiger partial charge on any atom is -0.483 e. The van der Waals surface area contributed by atoms with Gasteiger partial charge in [0.1, 0.15) is 11.6 Å². The highest BCUT2D eigenvalue weighted by Gasteiger charge is 2.18. The molecule has 0 radical (unpaired) electrons. The lowest BCUT2D eigenvalue weighted by Crippen LogP contribution is -2.21. The second kappa shape index (κ2) is 10.1. The molecule has 0 atom stereocenters. The summed E-state index contributed by atoms with van der Waals surface area (Å²) in [6, 6.07) is 12.9. The summed E-state index contributed by atoms with van der Waals surface area (Å²) < 4.78 is 19.2. The zero-order valence-corrected chi connectivity index (χ0v) is 18.1. The summed E-state index contributed by atoms with van der Waals surface area (Å²) >= 11 is 12.0. The maximum absolute atomic E-state index is 13.8. The third-order valence-corrected chi connectivity index (χ3v) is 4.87. The van der Waals surface area contributed by atoms with Crippen molar-refractivity contribution in [2.24, 2.45) is 0 Å². The van der Waals surface area contributed by atoms with Crippen LogP contribution < -0.4 is 10.1 Å². The predicted octanol–water partition coefficient (Wildman–Crippen LogP) is 4.95. The Kier molecular flexibility index (Phi) is 7.28. The third-order valence-electron chi connectivity index (χ3n) is 4.32. The van der Waals surface area contributed by atoms with E-state index in [1.54, 1.807) is 6.07 Å². The van der Waals surface area contributed by atoms with Gasteiger partial charge in [0.05, 0.1) is 33.5 Å². The lowest BCUT2D eigenvalue weighted by Gasteiger charge is -2.12. The number of anilines is 1. The fourth-order valence-corrected chi connectivity index (χ4v) is 3.23. The van der Waals surface area contributed by atoms with Crippen molar-refractivity contribution >= 4 is 46.5 Å². The van der Waals surface area contributed by atoms with Crippen LogP contribution in [-0.4, -0.2) is 29.4 Å². The highest BCUT2D eigenvalue weighted by atomic mass is 35.5. The molecule has 0 aromatic heterocycles. The van der Waals surface area contributed by atoms with E-state index in [0.717, 1.165) is 12.1 Å². The van der Waals surface area contributed by atoms with Crippen LogP contribution in [-0.2, 0) is 4.79 Å². The van der Waals surface area contributed by atoms with Gasteiger partial charge in [-0.3, -0.25) is 9.59 Å². The number of nitrogens with zero attached hydrogens (tertiary/aromatic N) is 1. The van der Waals surface area contributed by atoms with Crippen LogP contribution in [0.25, 0.3) is 0 Å². The molecule has 0 aliphatic carbocycles. The Morgan fingerprint density at radius 3 is 2.45 bits per heavy atom. The van der Waals surface area contributed by atoms with E-state index >= 15 is 0 Å². The standard InChI is InChI=1S/C23H13Cl2FN2O5/c24-15-2-4-20(17(9-15)22(30)14-5-12(10-27)6-16(26)7-14)33-11-21(29)28-19-3-1-13(23(31)32)8-18(19)25/h1-9H,11H2,(H,28,29)(H,31,32). The maximum atomic E-state index is 13.8. The zero-order valence-electron chi connectivity index (χ0n) is 16.6. The van der Waals surface area contributed by atoms with E-state index in [1.165, 1.54) is 42.5 Å². The average Bonchev–Trinajstić information content (AvgIpc) is 2.78. The number of ketones is 1. The topological polar surface area (TPSA) is 116 Å². The molecule has 0 aliphatic heterocycles. The molecule has 0 saturated carbocycles. The van der Waals surface area contributed by atoms with E-state index in [1.807, 2.05) is 0 Å². The summed E-state index contributed by atoms with van der Waals surface area (Å²) in [5.41, 5.74) is -0.0305. The smallest absolute Gasteiger partial charge is 0.335 e. The van der Waals surface area contributed by atoms with Gasteiger partial charge in [0, 0.05) is 10.6 Å². The first-order chi connectivity index (χ1) is 15.7. The Balaban J connectivity index is 1.78. The lowest BCUT2D eigenvalue weighted by atomic mass is 10.0. The molecule has 3 rings (SSSR count). The zero-order chi connectivity index (χ0) is 24.1. The van der Waals surface area contributed by atoms with Crippen LogP contribution in [0.15, 0.2) is 54.6 Å². The second-order valence-electron chi connectivity index (χ2n) is 6.65. The van der Waals surface area contributed by atoms with Crippen molar-refractivity contribution in [2.75, 3.05) is 11.9 Å². The molecule has 0 heterocycles. The largest absolute Gasteiger partial charge is 0.483 e.